The third-order valence-corrected chi connectivity index (χ3v) is 5.64. The number of alkyl halides is 3. The maximum absolute atomic E-state index is 13.6. The molecule has 1 amide bonds. The molecule has 4 unspecified atom stereocenters. The van der Waals surface area contributed by atoms with Crippen LogP contribution in [0.1, 0.15) is 50.0 Å². The third-order valence-electron chi connectivity index (χ3n) is 5.64. The highest BCUT2D eigenvalue weighted by Gasteiger charge is 2.50. The SMILES string of the molecule is O=C(O)C1CC2CCCCC2N1C(=O)CC(c1ccccc1)C(F)(F)F. The van der Waals surface area contributed by atoms with E-state index >= 15 is 0 Å². The zero-order valence-corrected chi connectivity index (χ0v) is 14.3. The molecular weight excluding hydrogens is 347 g/mol. The van der Waals surface area contributed by atoms with Crippen LogP contribution in [-0.4, -0.2) is 40.1 Å². The zero-order chi connectivity index (χ0) is 18.9. The number of aliphatic carboxylic acids is 1. The van der Waals surface area contributed by atoms with E-state index in [1.807, 2.05) is 0 Å². The lowest BCUT2D eigenvalue weighted by Crippen LogP contribution is -2.47. The summed E-state index contributed by atoms with van der Waals surface area (Å²) < 4.78 is 40.7. The quantitative estimate of drug-likeness (QED) is 0.874. The number of halogens is 3. The molecule has 1 aliphatic carbocycles. The molecular formula is C19H22F3NO3. The van der Waals surface area contributed by atoms with Crippen molar-refractivity contribution in [3.05, 3.63) is 35.9 Å². The summed E-state index contributed by atoms with van der Waals surface area (Å²) in [7, 11) is 0. The van der Waals surface area contributed by atoms with Gasteiger partial charge in [0.1, 0.15) is 6.04 Å². The Morgan fingerprint density at radius 2 is 1.81 bits per heavy atom. The van der Waals surface area contributed by atoms with Crippen LogP contribution < -0.4 is 0 Å². The van der Waals surface area contributed by atoms with Gasteiger partial charge in [0.05, 0.1) is 5.92 Å². The first kappa shape index (κ1) is 18.7. The lowest BCUT2D eigenvalue weighted by molar-refractivity contribution is -0.163. The van der Waals surface area contributed by atoms with Gasteiger partial charge in [-0.2, -0.15) is 13.2 Å². The minimum absolute atomic E-state index is 0.0274. The number of rotatable bonds is 4. The Hall–Kier alpha value is -2.05. The molecule has 2 aliphatic rings. The largest absolute Gasteiger partial charge is 0.480 e. The Kier molecular flexibility index (Phi) is 5.25. The van der Waals surface area contributed by atoms with Crippen molar-refractivity contribution in [1.82, 2.24) is 4.90 Å². The third kappa shape index (κ3) is 3.71. The van der Waals surface area contributed by atoms with Crippen molar-refractivity contribution in [2.45, 2.75) is 62.7 Å². The van der Waals surface area contributed by atoms with E-state index in [4.69, 9.17) is 0 Å². The first-order chi connectivity index (χ1) is 12.3. The molecule has 4 nitrogen and oxygen atoms in total. The predicted molar refractivity (Wildman–Crippen MR) is 88.5 cm³/mol. The fourth-order valence-corrected chi connectivity index (χ4v) is 4.43. The number of carbonyl (C=O) groups excluding carboxylic acids is 1. The van der Waals surface area contributed by atoms with Gasteiger partial charge < -0.3 is 10.0 Å². The second kappa shape index (κ2) is 7.29. The summed E-state index contributed by atoms with van der Waals surface area (Å²) in [6.45, 7) is 0. The summed E-state index contributed by atoms with van der Waals surface area (Å²) in [4.78, 5) is 25.6. The lowest BCUT2D eigenvalue weighted by atomic mass is 9.84. The summed E-state index contributed by atoms with van der Waals surface area (Å²) in [6, 6.07) is 6.08. The van der Waals surface area contributed by atoms with Gasteiger partial charge >= 0.3 is 12.1 Å². The first-order valence-electron chi connectivity index (χ1n) is 8.94. The number of likely N-dealkylation sites (tertiary alicyclic amines) is 1. The molecule has 1 heterocycles. The van der Waals surface area contributed by atoms with Gasteiger partial charge in [-0.1, -0.05) is 43.2 Å². The number of fused-ring (bicyclic) bond motifs is 1. The van der Waals surface area contributed by atoms with Gasteiger partial charge in [0.25, 0.3) is 0 Å². The van der Waals surface area contributed by atoms with Gasteiger partial charge in [-0.05, 0) is 30.7 Å². The molecule has 26 heavy (non-hydrogen) atoms. The van der Waals surface area contributed by atoms with Gasteiger partial charge in [-0.3, -0.25) is 4.79 Å². The van der Waals surface area contributed by atoms with Crippen LogP contribution in [0.4, 0.5) is 13.2 Å². The van der Waals surface area contributed by atoms with Crippen molar-refractivity contribution >= 4 is 11.9 Å². The molecule has 7 heteroatoms. The van der Waals surface area contributed by atoms with Gasteiger partial charge in [0, 0.05) is 12.5 Å². The van der Waals surface area contributed by atoms with E-state index in [2.05, 4.69) is 0 Å². The maximum Gasteiger partial charge on any atom is 0.396 e. The molecule has 1 aliphatic heterocycles. The molecule has 142 valence electrons. The first-order valence-corrected chi connectivity index (χ1v) is 8.94. The Morgan fingerprint density at radius 3 is 2.42 bits per heavy atom. The highest BCUT2D eigenvalue weighted by atomic mass is 19.4. The lowest BCUT2D eigenvalue weighted by Gasteiger charge is -2.34. The summed E-state index contributed by atoms with van der Waals surface area (Å²) in [6.07, 6.45) is -1.62. The Bertz CT molecular complexity index is 662. The van der Waals surface area contributed by atoms with Crippen LogP contribution in [-0.2, 0) is 9.59 Å². The van der Waals surface area contributed by atoms with Crippen LogP contribution in [0, 0.1) is 5.92 Å². The van der Waals surface area contributed by atoms with Crippen LogP contribution in [0.5, 0.6) is 0 Å². The van der Waals surface area contributed by atoms with Crippen LogP contribution >= 0.6 is 0 Å². The number of benzene rings is 1. The Labute approximate surface area is 150 Å². The minimum atomic E-state index is -4.57. The fourth-order valence-electron chi connectivity index (χ4n) is 4.43. The van der Waals surface area contributed by atoms with E-state index in [9.17, 15) is 27.9 Å². The Balaban J connectivity index is 1.84. The maximum atomic E-state index is 13.6. The number of carboxylic acid groups (broad SMARTS) is 1. The summed E-state index contributed by atoms with van der Waals surface area (Å²) in [5, 5.41) is 9.47. The number of nitrogens with zero attached hydrogens (tertiary/aromatic N) is 1. The number of hydrogen-bond acceptors (Lipinski definition) is 2. The molecule has 0 aromatic heterocycles. The molecule has 1 saturated carbocycles. The van der Waals surface area contributed by atoms with E-state index in [1.165, 1.54) is 29.2 Å². The zero-order valence-electron chi connectivity index (χ0n) is 14.3. The summed E-state index contributed by atoms with van der Waals surface area (Å²) in [5.74, 6) is -3.68. The molecule has 3 rings (SSSR count). The van der Waals surface area contributed by atoms with Gasteiger partial charge in [-0.15, -0.1) is 0 Å². The number of carboxylic acids is 1. The van der Waals surface area contributed by atoms with Crippen molar-refractivity contribution in [3.8, 4) is 0 Å². The van der Waals surface area contributed by atoms with Crippen LogP contribution in [0.3, 0.4) is 0 Å². The van der Waals surface area contributed by atoms with Gasteiger partial charge in [0.2, 0.25) is 5.91 Å². The van der Waals surface area contributed by atoms with Crippen molar-refractivity contribution < 1.29 is 27.9 Å². The minimum Gasteiger partial charge on any atom is -0.480 e. The number of hydrogen-bond donors (Lipinski definition) is 1. The molecule has 1 N–H and O–H groups in total. The molecule has 0 radical (unpaired) electrons. The normalized spacial score (nSPS) is 27.0. The van der Waals surface area contributed by atoms with E-state index in [0.29, 0.717) is 12.8 Å². The molecule has 1 aromatic rings. The predicted octanol–water partition coefficient (Wildman–Crippen LogP) is 3.97. The van der Waals surface area contributed by atoms with Crippen LogP contribution in [0.2, 0.25) is 0 Å². The molecule has 2 fully saturated rings. The average molecular weight is 369 g/mol. The molecule has 0 bridgehead atoms. The molecule has 4 atom stereocenters. The summed E-state index contributed by atoms with van der Waals surface area (Å²) >= 11 is 0. The van der Waals surface area contributed by atoms with Crippen molar-refractivity contribution in [3.63, 3.8) is 0 Å². The van der Waals surface area contributed by atoms with E-state index in [1.54, 1.807) is 6.07 Å². The summed E-state index contributed by atoms with van der Waals surface area (Å²) in [5.41, 5.74) is 0.0274. The topological polar surface area (TPSA) is 57.6 Å². The van der Waals surface area contributed by atoms with Crippen molar-refractivity contribution in [1.29, 1.82) is 0 Å². The van der Waals surface area contributed by atoms with Crippen molar-refractivity contribution in [2.75, 3.05) is 0 Å². The van der Waals surface area contributed by atoms with E-state index in [0.717, 1.165) is 19.3 Å². The smallest absolute Gasteiger partial charge is 0.396 e. The van der Waals surface area contributed by atoms with Crippen molar-refractivity contribution in [2.24, 2.45) is 5.92 Å². The Morgan fingerprint density at radius 1 is 1.15 bits per heavy atom. The average Bonchev–Trinajstić information content (AvgIpc) is 2.99. The fraction of sp³-hybridized carbons (Fsp3) is 0.579. The van der Waals surface area contributed by atoms with Gasteiger partial charge in [-0.25, -0.2) is 4.79 Å². The standard InChI is InChI=1S/C19H22F3NO3/c20-19(21,22)14(12-6-2-1-3-7-12)11-17(24)23-15-9-5-4-8-13(15)10-16(23)18(25)26/h1-3,6-7,13-16H,4-5,8-11H2,(H,25,26). The molecule has 0 spiro atoms. The highest BCUT2D eigenvalue weighted by molar-refractivity contribution is 5.85. The van der Waals surface area contributed by atoms with Crippen LogP contribution in [0.25, 0.3) is 0 Å². The second-order valence-corrected chi connectivity index (χ2v) is 7.21. The number of amides is 1. The highest BCUT2D eigenvalue weighted by Crippen LogP contribution is 2.43. The number of carbonyl (C=O) groups is 2. The van der Waals surface area contributed by atoms with Crippen LogP contribution in [0.15, 0.2) is 30.3 Å². The van der Waals surface area contributed by atoms with Gasteiger partial charge in [0.15, 0.2) is 0 Å². The molecule has 1 saturated heterocycles. The van der Waals surface area contributed by atoms with E-state index < -0.39 is 36.4 Å². The van der Waals surface area contributed by atoms with E-state index in [-0.39, 0.29) is 17.5 Å². The molecule has 1 aromatic carbocycles. The monoisotopic (exact) mass is 369 g/mol. The second-order valence-electron chi connectivity index (χ2n) is 7.21.